The molecule has 0 fully saturated rings. The molecule has 162 valence electrons. The Hall–Kier alpha value is -4.86. The second-order valence-corrected chi connectivity index (χ2v) is 6.72. The zero-order valence-electron chi connectivity index (χ0n) is 15.9. The van der Waals surface area contributed by atoms with Crippen molar-refractivity contribution in [2.45, 2.75) is 0 Å². The van der Waals surface area contributed by atoms with Crippen molar-refractivity contribution >= 4 is 16.9 Å². The van der Waals surface area contributed by atoms with Gasteiger partial charge in [-0.05, 0) is 36.4 Å². The topological polar surface area (TPSA) is 178 Å². The van der Waals surface area contributed by atoms with E-state index in [1.165, 1.54) is 6.07 Å². The molecular formula is C22H14O10. The molecule has 32 heavy (non-hydrogen) atoms. The maximum atomic E-state index is 13.1. The molecule has 0 radical (unpaired) electrons. The molecule has 0 saturated heterocycles. The van der Waals surface area contributed by atoms with Crippen LogP contribution in [0.3, 0.4) is 0 Å². The van der Waals surface area contributed by atoms with E-state index in [0.29, 0.717) is 0 Å². The quantitative estimate of drug-likeness (QED) is 0.206. The summed E-state index contributed by atoms with van der Waals surface area (Å²) in [6.45, 7) is 0. The smallest absolute Gasteiger partial charge is 0.343 e. The number of benzene rings is 3. The Morgan fingerprint density at radius 2 is 1.41 bits per heavy atom. The summed E-state index contributed by atoms with van der Waals surface area (Å²) in [6.07, 6.45) is 0. The highest BCUT2D eigenvalue weighted by Crippen LogP contribution is 2.38. The molecule has 0 aliphatic carbocycles. The van der Waals surface area contributed by atoms with Crippen LogP contribution in [0.1, 0.15) is 10.4 Å². The molecule has 0 aliphatic rings. The number of ether oxygens (including phenoxy) is 1. The van der Waals surface area contributed by atoms with Gasteiger partial charge in [0.15, 0.2) is 28.8 Å². The fraction of sp³-hybridized carbons (Fsp3) is 0. The minimum atomic E-state index is -1.10. The first kappa shape index (κ1) is 20.4. The molecule has 0 spiro atoms. The number of carbonyl (C=O) groups is 1. The van der Waals surface area contributed by atoms with E-state index in [2.05, 4.69) is 0 Å². The summed E-state index contributed by atoms with van der Waals surface area (Å²) in [7, 11) is 0. The molecule has 0 unspecified atom stereocenters. The molecule has 1 heterocycles. The van der Waals surface area contributed by atoms with Gasteiger partial charge in [-0.2, -0.15) is 0 Å². The number of phenols is 6. The van der Waals surface area contributed by atoms with Gasteiger partial charge in [-0.25, -0.2) is 4.79 Å². The van der Waals surface area contributed by atoms with Crippen molar-refractivity contribution in [3.63, 3.8) is 0 Å². The van der Waals surface area contributed by atoms with Crippen LogP contribution in [-0.2, 0) is 0 Å². The Kier molecular flexibility index (Phi) is 4.74. The summed E-state index contributed by atoms with van der Waals surface area (Å²) < 4.78 is 10.8. The Morgan fingerprint density at radius 1 is 0.750 bits per heavy atom. The number of hydrogen-bond acceptors (Lipinski definition) is 10. The van der Waals surface area contributed by atoms with Crippen LogP contribution in [0, 0.1) is 0 Å². The van der Waals surface area contributed by atoms with Crippen molar-refractivity contribution < 1.29 is 44.6 Å². The van der Waals surface area contributed by atoms with Gasteiger partial charge < -0.3 is 39.8 Å². The third-order valence-electron chi connectivity index (χ3n) is 4.56. The van der Waals surface area contributed by atoms with Gasteiger partial charge in [0, 0.05) is 17.7 Å². The Bertz CT molecular complexity index is 1450. The Morgan fingerprint density at radius 3 is 2.06 bits per heavy atom. The maximum Gasteiger partial charge on any atom is 0.343 e. The van der Waals surface area contributed by atoms with Crippen molar-refractivity contribution in [1.82, 2.24) is 0 Å². The van der Waals surface area contributed by atoms with Gasteiger partial charge in [0.2, 0.25) is 11.2 Å². The first-order valence-electron chi connectivity index (χ1n) is 8.95. The summed E-state index contributed by atoms with van der Waals surface area (Å²) in [5, 5.41) is 57.9. The van der Waals surface area contributed by atoms with Crippen LogP contribution in [0.4, 0.5) is 0 Å². The summed E-state index contributed by atoms with van der Waals surface area (Å²) in [5.74, 6) is -5.22. The summed E-state index contributed by atoms with van der Waals surface area (Å²) >= 11 is 0. The first-order chi connectivity index (χ1) is 15.2. The number of fused-ring (bicyclic) bond motifs is 1. The highest BCUT2D eigenvalue weighted by atomic mass is 16.5. The van der Waals surface area contributed by atoms with E-state index >= 15 is 0 Å². The second kappa shape index (κ2) is 7.43. The third kappa shape index (κ3) is 3.45. The molecule has 0 atom stereocenters. The number of esters is 1. The van der Waals surface area contributed by atoms with Gasteiger partial charge in [-0.3, -0.25) is 4.79 Å². The first-order valence-corrected chi connectivity index (χ1v) is 8.95. The van der Waals surface area contributed by atoms with E-state index in [-0.39, 0.29) is 27.9 Å². The third-order valence-corrected chi connectivity index (χ3v) is 4.56. The molecular weight excluding hydrogens is 424 g/mol. The maximum absolute atomic E-state index is 13.1. The minimum Gasteiger partial charge on any atom is -0.508 e. The standard InChI is InChI=1S/C22H14O10/c23-11-7-16(28)18-17(8-11)31-20(9-1-3-12(24)14(26)5-9)21(19(18)29)32-22(30)10-2-4-13(25)15(27)6-10/h1-8,23-28H. The van der Waals surface area contributed by atoms with Crippen molar-refractivity contribution in [3.05, 3.63) is 64.3 Å². The lowest BCUT2D eigenvalue weighted by Crippen LogP contribution is -2.16. The number of rotatable bonds is 3. The molecule has 0 amide bonds. The van der Waals surface area contributed by atoms with E-state index in [4.69, 9.17) is 9.15 Å². The molecule has 0 bridgehead atoms. The number of carbonyl (C=O) groups excluding carboxylic acids is 1. The van der Waals surface area contributed by atoms with Gasteiger partial charge in [-0.1, -0.05) is 0 Å². The van der Waals surface area contributed by atoms with Gasteiger partial charge >= 0.3 is 5.97 Å². The van der Waals surface area contributed by atoms with Crippen molar-refractivity contribution in [2.24, 2.45) is 0 Å². The van der Waals surface area contributed by atoms with E-state index in [1.807, 2.05) is 0 Å². The number of aromatic hydroxyl groups is 6. The van der Waals surface area contributed by atoms with Crippen LogP contribution < -0.4 is 10.2 Å². The second-order valence-electron chi connectivity index (χ2n) is 6.72. The van der Waals surface area contributed by atoms with Crippen LogP contribution in [-0.4, -0.2) is 36.6 Å². The predicted octanol–water partition coefficient (Wildman–Crippen LogP) is 2.91. The van der Waals surface area contributed by atoms with Crippen LogP contribution in [0.25, 0.3) is 22.3 Å². The molecule has 4 aromatic rings. The molecule has 3 aromatic carbocycles. The summed E-state index contributed by atoms with van der Waals surface area (Å²) in [5.41, 5.74) is -1.40. The highest BCUT2D eigenvalue weighted by molar-refractivity contribution is 5.94. The number of phenolic OH excluding ortho intramolecular Hbond substituents is 6. The predicted molar refractivity (Wildman–Crippen MR) is 109 cm³/mol. The minimum absolute atomic E-state index is 0.0264. The van der Waals surface area contributed by atoms with Gasteiger partial charge in [0.25, 0.3) is 0 Å². The van der Waals surface area contributed by atoms with Crippen molar-refractivity contribution in [1.29, 1.82) is 0 Å². The van der Waals surface area contributed by atoms with Crippen LogP contribution >= 0.6 is 0 Å². The molecule has 10 heteroatoms. The SMILES string of the molecule is O=C(Oc1c(-c2ccc(O)c(O)c2)oc2cc(O)cc(O)c2c1=O)c1ccc(O)c(O)c1. The lowest BCUT2D eigenvalue weighted by molar-refractivity contribution is 0.0730. The van der Waals surface area contributed by atoms with E-state index in [9.17, 15) is 40.2 Å². The van der Waals surface area contributed by atoms with Crippen molar-refractivity contribution in [2.75, 3.05) is 0 Å². The van der Waals surface area contributed by atoms with Gasteiger partial charge in [-0.15, -0.1) is 0 Å². The van der Waals surface area contributed by atoms with E-state index in [1.54, 1.807) is 0 Å². The van der Waals surface area contributed by atoms with Crippen LogP contribution in [0.2, 0.25) is 0 Å². The zero-order chi connectivity index (χ0) is 23.2. The summed E-state index contributed by atoms with van der Waals surface area (Å²) in [6, 6.07) is 8.49. The molecule has 1 aromatic heterocycles. The van der Waals surface area contributed by atoms with Crippen molar-refractivity contribution in [3.8, 4) is 51.6 Å². The molecule has 4 rings (SSSR count). The van der Waals surface area contributed by atoms with Crippen LogP contribution in [0.15, 0.2) is 57.7 Å². The fourth-order valence-electron chi connectivity index (χ4n) is 3.02. The summed E-state index contributed by atoms with van der Waals surface area (Å²) in [4.78, 5) is 25.7. The largest absolute Gasteiger partial charge is 0.508 e. The van der Waals surface area contributed by atoms with E-state index < -0.39 is 51.6 Å². The van der Waals surface area contributed by atoms with E-state index in [0.717, 1.165) is 42.5 Å². The molecule has 0 aliphatic heterocycles. The number of hydrogen-bond donors (Lipinski definition) is 6. The monoisotopic (exact) mass is 438 g/mol. The fourth-order valence-corrected chi connectivity index (χ4v) is 3.02. The average molecular weight is 438 g/mol. The van der Waals surface area contributed by atoms with Gasteiger partial charge in [0.1, 0.15) is 22.5 Å². The Labute approximate surface area is 178 Å². The van der Waals surface area contributed by atoms with Crippen LogP contribution in [0.5, 0.6) is 40.2 Å². The lowest BCUT2D eigenvalue weighted by atomic mass is 10.1. The molecule has 0 saturated carbocycles. The molecule has 10 nitrogen and oxygen atoms in total. The molecule has 6 N–H and O–H groups in total. The zero-order valence-corrected chi connectivity index (χ0v) is 15.9. The highest BCUT2D eigenvalue weighted by Gasteiger charge is 2.24. The average Bonchev–Trinajstić information content (AvgIpc) is 2.73. The lowest BCUT2D eigenvalue weighted by Gasteiger charge is -2.12. The Balaban J connectivity index is 1.95. The normalized spacial score (nSPS) is 10.9. The van der Waals surface area contributed by atoms with Gasteiger partial charge in [0.05, 0.1) is 5.56 Å².